The summed E-state index contributed by atoms with van der Waals surface area (Å²) in [4.78, 5) is 2.38. The van der Waals surface area contributed by atoms with E-state index in [2.05, 4.69) is 42.5 Å². The number of hydrogen-bond acceptors (Lipinski definition) is 3. The van der Waals surface area contributed by atoms with E-state index in [4.69, 9.17) is 9.47 Å². The van der Waals surface area contributed by atoms with Crippen LogP contribution in [0, 0.1) is 0 Å². The van der Waals surface area contributed by atoms with Crippen LogP contribution in [0.1, 0.15) is 39.5 Å². The Hall–Kier alpha value is -1.29. The highest BCUT2D eigenvalue weighted by Gasteiger charge is 2.19. The molecule has 0 saturated heterocycles. The van der Waals surface area contributed by atoms with Crippen LogP contribution >= 0.6 is 11.8 Å². The smallest absolute Gasteiger partial charge is 0.185 e. The average molecular weight is 316 g/mol. The van der Waals surface area contributed by atoms with Crippen molar-refractivity contribution in [3.05, 3.63) is 60.2 Å². The van der Waals surface area contributed by atoms with E-state index < -0.39 is 0 Å². The van der Waals surface area contributed by atoms with E-state index in [-0.39, 0.29) is 18.5 Å². The molecule has 0 amide bonds. The predicted molar refractivity (Wildman–Crippen MR) is 92.2 cm³/mol. The molecule has 118 valence electrons. The second-order valence-corrected chi connectivity index (χ2v) is 6.77. The monoisotopic (exact) mass is 316 g/mol. The molecule has 0 unspecified atom stereocenters. The molecule has 0 heterocycles. The molecule has 0 N–H and O–H groups in total. The Kier molecular flexibility index (Phi) is 6.49. The summed E-state index contributed by atoms with van der Waals surface area (Å²) in [6.45, 7) is 8.13. The standard InChI is InChI=1S/C19H24O2S/c1-14(2)20-19(21-15(3)4)17-12-8-9-13-18(17)22-16-10-6-5-7-11-16/h5-15,19H,1-4H3. The van der Waals surface area contributed by atoms with Gasteiger partial charge in [0, 0.05) is 15.4 Å². The van der Waals surface area contributed by atoms with Crippen molar-refractivity contribution < 1.29 is 9.47 Å². The molecule has 0 fully saturated rings. The summed E-state index contributed by atoms with van der Waals surface area (Å²) in [5.41, 5.74) is 1.08. The Bertz CT molecular complexity index is 557. The highest BCUT2D eigenvalue weighted by atomic mass is 32.2. The van der Waals surface area contributed by atoms with Gasteiger partial charge in [-0.1, -0.05) is 48.2 Å². The van der Waals surface area contributed by atoms with Crippen LogP contribution in [0.3, 0.4) is 0 Å². The van der Waals surface area contributed by atoms with Crippen molar-refractivity contribution in [2.24, 2.45) is 0 Å². The van der Waals surface area contributed by atoms with Gasteiger partial charge >= 0.3 is 0 Å². The molecule has 2 rings (SSSR count). The minimum Gasteiger partial charge on any atom is -0.346 e. The Morgan fingerprint density at radius 2 is 1.27 bits per heavy atom. The summed E-state index contributed by atoms with van der Waals surface area (Å²) < 4.78 is 12.0. The average Bonchev–Trinajstić information content (AvgIpc) is 2.47. The van der Waals surface area contributed by atoms with Gasteiger partial charge in [0.1, 0.15) is 0 Å². The van der Waals surface area contributed by atoms with Crippen molar-refractivity contribution in [2.75, 3.05) is 0 Å². The van der Waals surface area contributed by atoms with E-state index >= 15 is 0 Å². The molecule has 3 heteroatoms. The zero-order valence-electron chi connectivity index (χ0n) is 13.7. The lowest BCUT2D eigenvalue weighted by atomic mass is 10.2. The van der Waals surface area contributed by atoms with Crippen LogP contribution in [0.5, 0.6) is 0 Å². The molecule has 0 aliphatic heterocycles. The fraction of sp³-hybridized carbons (Fsp3) is 0.368. The van der Waals surface area contributed by atoms with Gasteiger partial charge in [-0.05, 0) is 45.9 Å². The number of benzene rings is 2. The first-order valence-corrected chi connectivity index (χ1v) is 8.50. The van der Waals surface area contributed by atoms with Crippen molar-refractivity contribution >= 4 is 11.8 Å². The van der Waals surface area contributed by atoms with Crippen LogP contribution in [0.4, 0.5) is 0 Å². The quantitative estimate of drug-likeness (QED) is 0.612. The summed E-state index contributed by atoms with van der Waals surface area (Å²) in [7, 11) is 0. The van der Waals surface area contributed by atoms with Gasteiger partial charge < -0.3 is 9.47 Å². The molecule has 0 aliphatic rings. The Morgan fingerprint density at radius 1 is 0.727 bits per heavy atom. The maximum atomic E-state index is 5.99. The van der Waals surface area contributed by atoms with Crippen molar-refractivity contribution in [3.8, 4) is 0 Å². The molecule has 2 nitrogen and oxygen atoms in total. The fourth-order valence-electron chi connectivity index (χ4n) is 2.06. The zero-order valence-corrected chi connectivity index (χ0v) is 14.5. The number of ether oxygens (including phenoxy) is 2. The first kappa shape index (κ1) is 17.1. The van der Waals surface area contributed by atoms with E-state index in [0.29, 0.717) is 0 Å². The van der Waals surface area contributed by atoms with Gasteiger partial charge in [0.05, 0.1) is 12.2 Å². The van der Waals surface area contributed by atoms with Crippen LogP contribution in [-0.4, -0.2) is 12.2 Å². The minimum atomic E-state index is -0.340. The molecule has 2 aromatic rings. The van der Waals surface area contributed by atoms with Gasteiger partial charge in [-0.25, -0.2) is 0 Å². The van der Waals surface area contributed by atoms with Gasteiger partial charge in [0.15, 0.2) is 6.29 Å². The molecule has 0 spiro atoms. The molecule has 0 aromatic heterocycles. The molecule has 0 bridgehead atoms. The summed E-state index contributed by atoms with van der Waals surface area (Å²) in [6.07, 6.45) is -0.121. The number of rotatable bonds is 7. The Morgan fingerprint density at radius 3 is 1.86 bits per heavy atom. The Balaban J connectivity index is 2.28. The SMILES string of the molecule is CC(C)OC(OC(C)C)c1ccccc1Sc1ccccc1. The third-order valence-corrected chi connectivity index (χ3v) is 4.04. The fourth-order valence-corrected chi connectivity index (χ4v) is 3.03. The van der Waals surface area contributed by atoms with Gasteiger partial charge in [-0.3, -0.25) is 0 Å². The predicted octanol–water partition coefficient (Wildman–Crippen LogP) is 5.69. The second-order valence-electron chi connectivity index (χ2n) is 5.65. The lowest BCUT2D eigenvalue weighted by Gasteiger charge is -2.25. The van der Waals surface area contributed by atoms with Crippen molar-refractivity contribution in [1.82, 2.24) is 0 Å². The molecular weight excluding hydrogens is 292 g/mol. The highest BCUT2D eigenvalue weighted by molar-refractivity contribution is 7.99. The van der Waals surface area contributed by atoms with E-state index in [1.54, 1.807) is 11.8 Å². The summed E-state index contributed by atoms with van der Waals surface area (Å²) in [5, 5.41) is 0. The molecule has 0 aliphatic carbocycles. The third kappa shape index (κ3) is 5.16. The largest absolute Gasteiger partial charge is 0.346 e. The first-order chi connectivity index (χ1) is 10.6. The van der Waals surface area contributed by atoms with Crippen LogP contribution < -0.4 is 0 Å². The van der Waals surface area contributed by atoms with Crippen molar-refractivity contribution in [2.45, 2.75) is 56.0 Å². The van der Waals surface area contributed by atoms with Crippen molar-refractivity contribution in [1.29, 1.82) is 0 Å². The topological polar surface area (TPSA) is 18.5 Å². The van der Waals surface area contributed by atoms with Crippen LogP contribution in [0.15, 0.2) is 64.4 Å². The van der Waals surface area contributed by atoms with E-state index in [0.717, 1.165) is 5.56 Å². The van der Waals surface area contributed by atoms with Crippen LogP contribution in [-0.2, 0) is 9.47 Å². The lowest BCUT2D eigenvalue weighted by molar-refractivity contribution is -0.186. The molecule has 2 aromatic carbocycles. The third-order valence-electron chi connectivity index (χ3n) is 2.94. The first-order valence-electron chi connectivity index (χ1n) is 7.69. The summed E-state index contributed by atoms with van der Waals surface area (Å²) >= 11 is 1.74. The summed E-state index contributed by atoms with van der Waals surface area (Å²) in [5.74, 6) is 0. The second kappa shape index (κ2) is 8.37. The highest BCUT2D eigenvalue weighted by Crippen LogP contribution is 2.35. The van der Waals surface area contributed by atoms with Gasteiger partial charge in [0.25, 0.3) is 0 Å². The minimum absolute atomic E-state index is 0.110. The lowest BCUT2D eigenvalue weighted by Crippen LogP contribution is -2.18. The maximum Gasteiger partial charge on any atom is 0.185 e. The maximum absolute atomic E-state index is 5.99. The van der Waals surface area contributed by atoms with E-state index in [1.165, 1.54) is 9.79 Å². The van der Waals surface area contributed by atoms with Gasteiger partial charge in [-0.15, -0.1) is 0 Å². The van der Waals surface area contributed by atoms with E-state index in [9.17, 15) is 0 Å². The zero-order chi connectivity index (χ0) is 15.9. The summed E-state index contributed by atoms with van der Waals surface area (Å²) in [6, 6.07) is 18.7. The van der Waals surface area contributed by atoms with E-state index in [1.807, 2.05) is 39.8 Å². The molecule has 0 radical (unpaired) electrons. The van der Waals surface area contributed by atoms with Gasteiger partial charge in [0.2, 0.25) is 0 Å². The van der Waals surface area contributed by atoms with Gasteiger partial charge in [-0.2, -0.15) is 0 Å². The molecule has 0 atom stereocenters. The molecule has 0 saturated carbocycles. The number of hydrogen-bond donors (Lipinski definition) is 0. The van der Waals surface area contributed by atoms with Crippen molar-refractivity contribution in [3.63, 3.8) is 0 Å². The van der Waals surface area contributed by atoms with Crippen LogP contribution in [0.2, 0.25) is 0 Å². The van der Waals surface area contributed by atoms with Crippen LogP contribution in [0.25, 0.3) is 0 Å². The molecule has 22 heavy (non-hydrogen) atoms. The Labute approximate surface area is 137 Å². The molecular formula is C19H24O2S. The normalized spacial score (nSPS) is 11.6.